The van der Waals surface area contributed by atoms with Crippen molar-refractivity contribution in [3.8, 4) is 17.0 Å². The summed E-state index contributed by atoms with van der Waals surface area (Å²) in [7, 11) is 0. The van der Waals surface area contributed by atoms with Gasteiger partial charge in [0, 0.05) is 5.56 Å². The number of nitrogens with zero attached hydrogens (tertiary/aromatic N) is 1. The van der Waals surface area contributed by atoms with E-state index in [1.54, 1.807) is 0 Å². The number of nitrogens with one attached hydrogen (secondary N) is 1. The Bertz CT molecular complexity index is 492. The summed E-state index contributed by atoms with van der Waals surface area (Å²) in [5.41, 5.74) is 2.40. The monoisotopic (exact) mass is 232 g/mol. The predicted octanol–water partition coefficient (Wildman–Crippen LogP) is 2.36. The summed E-state index contributed by atoms with van der Waals surface area (Å²) in [6.07, 6.45) is 0.118. The van der Waals surface area contributed by atoms with Gasteiger partial charge in [0.15, 0.2) is 0 Å². The molecule has 0 aliphatic rings. The fourth-order valence-electron chi connectivity index (χ4n) is 1.62. The highest BCUT2D eigenvalue weighted by molar-refractivity contribution is 5.67. The number of aliphatic hydroxyl groups is 1. The number of aromatic amines is 1. The summed E-state index contributed by atoms with van der Waals surface area (Å²) in [5.74, 6) is 0.804. The van der Waals surface area contributed by atoms with Crippen LogP contribution in [0.25, 0.3) is 11.3 Å². The largest absolute Gasteiger partial charge is 0.490 e. The molecule has 0 unspecified atom stereocenters. The first-order chi connectivity index (χ1) is 8.20. The van der Waals surface area contributed by atoms with E-state index < -0.39 is 0 Å². The van der Waals surface area contributed by atoms with E-state index >= 15 is 0 Å². The summed E-state index contributed by atoms with van der Waals surface area (Å²) in [4.78, 5) is 0. The molecule has 0 saturated heterocycles. The van der Waals surface area contributed by atoms with Crippen molar-refractivity contribution < 1.29 is 9.84 Å². The molecule has 0 amide bonds. The maximum Gasteiger partial charge on any atom is 0.129 e. The van der Waals surface area contributed by atoms with Gasteiger partial charge in [0.25, 0.3) is 0 Å². The van der Waals surface area contributed by atoms with Crippen molar-refractivity contribution in [2.45, 2.75) is 26.6 Å². The zero-order valence-corrected chi connectivity index (χ0v) is 9.97. The number of aliphatic hydroxyl groups excluding tert-OH is 1. The van der Waals surface area contributed by atoms with Gasteiger partial charge in [-0.3, -0.25) is 5.10 Å². The molecule has 0 saturated carbocycles. The van der Waals surface area contributed by atoms with Gasteiger partial charge in [-0.15, -0.1) is 0 Å². The third-order valence-corrected chi connectivity index (χ3v) is 2.33. The molecule has 1 heterocycles. The molecule has 2 aromatic rings. The lowest BCUT2D eigenvalue weighted by Gasteiger charge is -2.12. The first-order valence-corrected chi connectivity index (χ1v) is 5.62. The molecule has 0 aliphatic carbocycles. The summed E-state index contributed by atoms with van der Waals surface area (Å²) in [6, 6.07) is 9.57. The third kappa shape index (κ3) is 2.65. The Kier molecular flexibility index (Phi) is 3.44. The minimum absolute atomic E-state index is 0.0415. The lowest BCUT2D eigenvalue weighted by atomic mass is 10.1. The Hall–Kier alpha value is -1.81. The van der Waals surface area contributed by atoms with Crippen LogP contribution in [0.2, 0.25) is 0 Å². The van der Waals surface area contributed by atoms with Crippen molar-refractivity contribution in [2.24, 2.45) is 0 Å². The number of benzene rings is 1. The molecular weight excluding hydrogens is 216 g/mol. The minimum atomic E-state index is -0.0415. The summed E-state index contributed by atoms with van der Waals surface area (Å²) < 4.78 is 5.73. The van der Waals surface area contributed by atoms with Gasteiger partial charge in [-0.2, -0.15) is 5.10 Å². The molecular formula is C13H16N2O2. The lowest BCUT2D eigenvalue weighted by Crippen LogP contribution is -2.06. The van der Waals surface area contributed by atoms with Crippen molar-refractivity contribution in [1.29, 1.82) is 0 Å². The fraction of sp³-hybridized carbons (Fsp3) is 0.308. The van der Waals surface area contributed by atoms with Crippen molar-refractivity contribution >= 4 is 0 Å². The second-order valence-electron chi connectivity index (χ2n) is 4.10. The highest BCUT2D eigenvalue weighted by Crippen LogP contribution is 2.29. The zero-order chi connectivity index (χ0) is 12.3. The average Bonchev–Trinajstić information content (AvgIpc) is 2.77. The van der Waals surface area contributed by atoms with Gasteiger partial charge >= 0.3 is 0 Å². The summed E-state index contributed by atoms with van der Waals surface area (Å²) in [5, 5.41) is 15.9. The Labute approximate surface area is 100 Å². The molecule has 4 heteroatoms. The van der Waals surface area contributed by atoms with Crippen molar-refractivity contribution in [2.75, 3.05) is 0 Å². The van der Waals surface area contributed by atoms with Crippen molar-refractivity contribution in [3.05, 3.63) is 36.0 Å². The molecule has 1 aromatic carbocycles. The molecule has 0 aliphatic heterocycles. The Morgan fingerprint density at radius 2 is 2.12 bits per heavy atom. The molecule has 0 fully saturated rings. The molecule has 0 spiro atoms. The van der Waals surface area contributed by atoms with Crippen LogP contribution in [0.15, 0.2) is 30.3 Å². The Morgan fingerprint density at radius 1 is 1.35 bits per heavy atom. The molecule has 4 nitrogen and oxygen atoms in total. The van der Waals surface area contributed by atoms with E-state index in [4.69, 9.17) is 9.84 Å². The predicted molar refractivity (Wildman–Crippen MR) is 65.7 cm³/mol. The van der Waals surface area contributed by atoms with Crippen LogP contribution >= 0.6 is 0 Å². The van der Waals surface area contributed by atoms with Gasteiger partial charge in [-0.1, -0.05) is 12.1 Å². The van der Waals surface area contributed by atoms with E-state index in [0.717, 1.165) is 17.0 Å². The second kappa shape index (κ2) is 5.01. The molecule has 90 valence electrons. The highest BCUT2D eigenvalue weighted by Gasteiger charge is 2.10. The van der Waals surface area contributed by atoms with E-state index in [9.17, 15) is 0 Å². The van der Waals surface area contributed by atoms with E-state index in [0.29, 0.717) is 5.69 Å². The zero-order valence-electron chi connectivity index (χ0n) is 9.97. The normalized spacial score (nSPS) is 10.8. The average molecular weight is 232 g/mol. The topological polar surface area (TPSA) is 58.1 Å². The first-order valence-electron chi connectivity index (χ1n) is 5.62. The number of ether oxygens (including phenoxy) is 1. The van der Waals surface area contributed by atoms with Gasteiger partial charge in [0.2, 0.25) is 0 Å². The maximum atomic E-state index is 9.01. The van der Waals surface area contributed by atoms with Crippen LogP contribution in [-0.4, -0.2) is 21.4 Å². The molecule has 1 aromatic heterocycles. The van der Waals surface area contributed by atoms with Gasteiger partial charge in [-0.05, 0) is 32.0 Å². The smallest absolute Gasteiger partial charge is 0.129 e. The van der Waals surface area contributed by atoms with E-state index in [2.05, 4.69) is 10.2 Å². The molecule has 2 N–H and O–H groups in total. The Morgan fingerprint density at radius 3 is 2.76 bits per heavy atom. The highest BCUT2D eigenvalue weighted by atomic mass is 16.5. The fourth-order valence-corrected chi connectivity index (χ4v) is 1.62. The van der Waals surface area contributed by atoms with Gasteiger partial charge in [0.1, 0.15) is 5.75 Å². The SMILES string of the molecule is CC(C)Oc1ccccc1-c1cc(CO)[nH]n1. The number of hydrogen-bond acceptors (Lipinski definition) is 3. The number of para-hydroxylation sites is 1. The molecule has 0 radical (unpaired) electrons. The molecule has 2 rings (SSSR count). The van der Waals surface area contributed by atoms with Gasteiger partial charge in [-0.25, -0.2) is 0 Å². The quantitative estimate of drug-likeness (QED) is 0.850. The number of aromatic nitrogens is 2. The second-order valence-corrected chi connectivity index (χ2v) is 4.10. The van der Waals surface area contributed by atoms with E-state index in [1.165, 1.54) is 0 Å². The van der Waals surface area contributed by atoms with E-state index in [-0.39, 0.29) is 12.7 Å². The molecule has 17 heavy (non-hydrogen) atoms. The van der Waals surface area contributed by atoms with Crippen LogP contribution in [0.1, 0.15) is 19.5 Å². The maximum absolute atomic E-state index is 9.01. The first kappa shape index (κ1) is 11.7. The Balaban J connectivity index is 2.36. The lowest BCUT2D eigenvalue weighted by molar-refractivity contribution is 0.243. The van der Waals surface area contributed by atoms with Crippen molar-refractivity contribution in [3.63, 3.8) is 0 Å². The van der Waals surface area contributed by atoms with Crippen LogP contribution in [-0.2, 0) is 6.61 Å². The van der Waals surface area contributed by atoms with Crippen LogP contribution in [0.3, 0.4) is 0 Å². The van der Waals surface area contributed by atoms with Crippen LogP contribution in [0.4, 0.5) is 0 Å². The minimum Gasteiger partial charge on any atom is -0.490 e. The van der Waals surface area contributed by atoms with Gasteiger partial charge in [0.05, 0.1) is 24.1 Å². The number of rotatable bonds is 4. The summed E-state index contributed by atoms with van der Waals surface area (Å²) >= 11 is 0. The van der Waals surface area contributed by atoms with Crippen LogP contribution in [0.5, 0.6) is 5.75 Å². The number of H-pyrrole nitrogens is 1. The molecule has 0 atom stereocenters. The molecule has 0 bridgehead atoms. The van der Waals surface area contributed by atoms with Gasteiger partial charge < -0.3 is 9.84 Å². The van der Waals surface area contributed by atoms with Crippen molar-refractivity contribution in [1.82, 2.24) is 10.2 Å². The summed E-state index contributed by atoms with van der Waals surface area (Å²) in [6.45, 7) is 3.93. The third-order valence-electron chi connectivity index (χ3n) is 2.33. The van der Waals surface area contributed by atoms with Crippen LogP contribution < -0.4 is 4.74 Å². The van der Waals surface area contributed by atoms with E-state index in [1.807, 2.05) is 44.2 Å². The van der Waals surface area contributed by atoms with Crippen LogP contribution in [0, 0.1) is 0 Å². The standard InChI is InChI=1S/C13H16N2O2/c1-9(2)17-13-6-4-3-5-11(13)12-7-10(8-16)14-15-12/h3-7,9,16H,8H2,1-2H3,(H,14,15). The number of hydrogen-bond donors (Lipinski definition) is 2.